The summed E-state index contributed by atoms with van der Waals surface area (Å²) < 4.78 is 3.67. The van der Waals surface area contributed by atoms with Crippen molar-refractivity contribution in [3.63, 3.8) is 0 Å². The number of benzene rings is 1. The summed E-state index contributed by atoms with van der Waals surface area (Å²) >= 11 is 0. The van der Waals surface area contributed by atoms with Crippen LogP contribution in [-0.4, -0.2) is 16.3 Å². The van der Waals surface area contributed by atoms with E-state index < -0.39 is 0 Å². The lowest BCUT2D eigenvalue weighted by Crippen LogP contribution is -3.00. The normalized spacial score (nSPS) is 9.81. The van der Waals surface area contributed by atoms with Crippen molar-refractivity contribution in [2.45, 2.75) is 19.9 Å². The molecule has 0 saturated carbocycles. The van der Waals surface area contributed by atoms with Gasteiger partial charge in [-0.15, -0.1) is 0 Å². The van der Waals surface area contributed by atoms with Gasteiger partial charge in [0.2, 0.25) is 6.33 Å². The second-order valence-corrected chi connectivity index (χ2v) is 4.65. The summed E-state index contributed by atoms with van der Waals surface area (Å²) in [6.45, 7) is 2.09. The van der Waals surface area contributed by atoms with E-state index in [0.717, 1.165) is 0 Å². The van der Waals surface area contributed by atoms with Gasteiger partial charge in [0, 0.05) is 17.7 Å². The Morgan fingerprint density at radius 3 is 2.43 bits per heavy atom. The van der Waals surface area contributed by atoms with Gasteiger partial charge >= 0.3 is 0 Å². The van der Waals surface area contributed by atoms with Gasteiger partial charge in [-0.2, -0.15) is 0 Å². The quantitative estimate of drug-likeness (QED) is 0.543. The monoisotopic (exact) mass is 307 g/mol. The Hall–Kier alpha value is -2.14. The summed E-state index contributed by atoms with van der Waals surface area (Å²) in [6.07, 6.45) is 6.03. The highest BCUT2D eigenvalue weighted by Gasteiger charge is 2.09. The summed E-state index contributed by atoms with van der Waals surface area (Å²) in [6, 6.07) is 6.96. The molecule has 0 fully saturated rings. The van der Waals surface area contributed by atoms with Crippen molar-refractivity contribution >= 4 is 17.4 Å². The van der Waals surface area contributed by atoms with E-state index in [9.17, 15) is 9.59 Å². The molecule has 0 spiro atoms. The van der Waals surface area contributed by atoms with Crippen LogP contribution in [-0.2, 0) is 18.4 Å². The fourth-order valence-corrected chi connectivity index (χ4v) is 1.91. The third-order valence-corrected chi connectivity index (χ3v) is 2.96. The van der Waals surface area contributed by atoms with Gasteiger partial charge in [0.1, 0.15) is 12.4 Å². The standard InChI is InChI=1S/C15H17N3O2.ClH/c1-3-14(19)12-4-6-13(7-5-12)16-15(20)10-18-9-8-17(2)11-18;/h4-9,11H,3,10H2,1-2H3;1H. The number of aryl methyl sites for hydroxylation is 1. The van der Waals surface area contributed by atoms with E-state index in [1.807, 2.05) is 37.3 Å². The predicted octanol–water partition coefficient (Wildman–Crippen LogP) is -1.45. The van der Waals surface area contributed by atoms with Gasteiger partial charge in [0.15, 0.2) is 12.3 Å². The minimum absolute atomic E-state index is 0. The molecule has 5 nitrogen and oxygen atoms in total. The van der Waals surface area contributed by atoms with Crippen LogP contribution in [0.25, 0.3) is 0 Å². The molecule has 2 rings (SSSR count). The van der Waals surface area contributed by atoms with Crippen LogP contribution in [0.15, 0.2) is 43.0 Å². The van der Waals surface area contributed by atoms with E-state index in [1.165, 1.54) is 0 Å². The molecular formula is C15H18ClN3O2. The van der Waals surface area contributed by atoms with Gasteiger partial charge in [-0.1, -0.05) is 6.92 Å². The first kappa shape index (κ1) is 16.9. The maximum absolute atomic E-state index is 11.9. The number of carbonyl (C=O) groups excluding carboxylic acids is 2. The fraction of sp³-hybridized carbons (Fsp3) is 0.267. The Labute approximate surface area is 130 Å². The van der Waals surface area contributed by atoms with Crippen LogP contribution in [0.3, 0.4) is 0 Å². The molecule has 0 saturated heterocycles. The first-order valence-corrected chi connectivity index (χ1v) is 6.52. The highest BCUT2D eigenvalue weighted by Crippen LogP contribution is 2.11. The maximum atomic E-state index is 11.9. The van der Waals surface area contributed by atoms with Crippen LogP contribution in [0.4, 0.5) is 5.69 Å². The Morgan fingerprint density at radius 1 is 1.24 bits per heavy atom. The highest BCUT2D eigenvalue weighted by molar-refractivity contribution is 5.97. The van der Waals surface area contributed by atoms with E-state index in [0.29, 0.717) is 17.7 Å². The number of amides is 1. The third kappa shape index (κ3) is 4.72. The molecule has 1 aromatic heterocycles. The zero-order valence-corrected chi connectivity index (χ0v) is 12.8. The molecule has 0 aliphatic carbocycles. The van der Waals surface area contributed by atoms with Crippen LogP contribution >= 0.6 is 0 Å². The Kier molecular flexibility index (Phi) is 6.11. The SMILES string of the molecule is CCC(=O)c1ccc(NC(=O)Cn2cc[n+](C)c2)cc1.[Cl-]. The van der Waals surface area contributed by atoms with Crippen LogP contribution < -0.4 is 22.3 Å². The Morgan fingerprint density at radius 2 is 1.90 bits per heavy atom. The number of anilines is 1. The van der Waals surface area contributed by atoms with Crippen molar-refractivity contribution in [1.29, 1.82) is 0 Å². The average molecular weight is 308 g/mol. The number of hydrogen-bond donors (Lipinski definition) is 1. The van der Waals surface area contributed by atoms with Gasteiger partial charge < -0.3 is 17.7 Å². The second-order valence-electron chi connectivity index (χ2n) is 4.65. The molecule has 0 bridgehead atoms. The third-order valence-electron chi connectivity index (χ3n) is 2.96. The fourth-order valence-electron chi connectivity index (χ4n) is 1.91. The van der Waals surface area contributed by atoms with E-state index >= 15 is 0 Å². The zero-order chi connectivity index (χ0) is 14.5. The number of halogens is 1. The minimum Gasteiger partial charge on any atom is -1.00 e. The first-order valence-electron chi connectivity index (χ1n) is 6.52. The lowest BCUT2D eigenvalue weighted by Gasteiger charge is -2.04. The number of Topliss-reactive ketones (excluding diaryl/α,β-unsaturated/α-hetero) is 1. The number of ketones is 1. The summed E-state index contributed by atoms with van der Waals surface area (Å²) in [5.74, 6) is -0.00140. The minimum atomic E-state index is -0.101. The van der Waals surface area contributed by atoms with Crippen LogP contribution in [0.1, 0.15) is 23.7 Å². The molecule has 1 heterocycles. The molecule has 0 radical (unpaired) electrons. The summed E-state index contributed by atoms with van der Waals surface area (Å²) in [5.41, 5.74) is 1.36. The Balaban J connectivity index is 0.00000220. The van der Waals surface area contributed by atoms with E-state index in [4.69, 9.17) is 0 Å². The molecule has 6 heteroatoms. The number of imidazole rings is 1. The summed E-state index contributed by atoms with van der Waals surface area (Å²) in [4.78, 5) is 23.4. The van der Waals surface area contributed by atoms with Crippen molar-refractivity contribution in [2.24, 2.45) is 7.05 Å². The summed E-state index contributed by atoms with van der Waals surface area (Å²) in [7, 11) is 1.90. The predicted molar refractivity (Wildman–Crippen MR) is 75.3 cm³/mol. The van der Waals surface area contributed by atoms with Gasteiger partial charge in [-0.3, -0.25) is 9.59 Å². The molecular weight excluding hydrogens is 290 g/mol. The van der Waals surface area contributed by atoms with Gasteiger partial charge in [0.25, 0.3) is 5.91 Å². The summed E-state index contributed by atoms with van der Waals surface area (Å²) in [5, 5.41) is 2.80. The van der Waals surface area contributed by atoms with Crippen molar-refractivity contribution in [1.82, 2.24) is 4.57 Å². The number of aromatic nitrogens is 2. The van der Waals surface area contributed by atoms with Crippen LogP contribution in [0.2, 0.25) is 0 Å². The zero-order valence-electron chi connectivity index (χ0n) is 12.0. The highest BCUT2D eigenvalue weighted by atomic mass is 35.5. The van der Waals surface area contributed by atoms with Crippen molar-refractivity contribution < 1.29 is 26.6 Å². The topological polar surface area (TPSA) is 55.0 Å². The molecule has 0 atom stereocenters. The molecule has 112 valence electrons. The lowest BCUT2D eigenvalue weighted by atomic mass is 10.1. The molecule has 0 unspecified atom stereocenters. The Bertz CT molecular complexity index is 620. The van der Waals surface area contributed by atoms with Crippen LogP contribution in [0, 0.1) is 0 Å². The van der Waals surface area contributed by atoms with Gasteiger partial charge in [-0.25, -0.2) is 9.13 Å². The first-order chi connectivity index (χ1) is 9.58. The number of rotatable bonds is 5. The van der Waals surface area contributed by atoms with Gasteiger partial charge in [-0.05, 0) is 24.3 Å². The van der Waals surface area contributed by atoms with Crippen molar-refractivity contribution in [3.05, 3.63) is 48.5 Å². The van der Waals surface area contributed by atoms with E-state index in [-0.39, 0.29) is 30.6 Å². The number of nitrogens with one attached hydrogen (secondary N) is 1. The molecule has 2 aromatic rings. The number of nitrogens with zero attached hydrogens (tertiary/aromatic N) is 2. The molecule has 1 N–H and O–H groups in total. The van der Waals surface area contributed by atoms with Crippen molar-refractivity contribution in [3.8, 4) is 0 Å². The average Bonchev–Trinajstić information content (AvgIpc) is 2.84. The lowest BCUT2D eigenvalue weighted by molar-refractivity contribution is -0.671. The van der Waals surface area contributed by atoms with E-state index in [1.54, 1.807) is 28.8 Å². The molecule has 1 amide bonds. The molecule has 0 aliphatic rings. The van der Waals surface area contributed by atoms with Gasteiger partial charge in [0.05, 0.1) is 7.05 Å². The number of carbonyl (C=O) groups is 2. The molecule has 0 aliphatic heterocycles. The van der Waals surface area contributed by atoms with E-state index in [2.05, 4.69) is 5.32 Å². The van der Waals surface area contributed by atoms with Crippen molar-refractivity contribution in [2.75, 3.05) is 5.32 Å². The van der Waals surface area contributed by atoms with Crippen LogP contribution in [0.5, 0.6) is 0 Å². The second kappa shape index (κ2) is 7.59. The maximum Gasteiger partial charge on any atom is 0.266 e. The molecule has 21 heavy (non-hydrogen) atoms. The number of hydrogen-bond acceptors (Lipinski definition) is 2. The largest absolute Gasteiger partial charge is 1.00 e. The molecule has 1 aromatic carbocycles. The smallest absolute Gasteiger partial charge is 0.266 e.